The predicted octanol–water partition coefficient (Wildman–Crippen LogP) is 2.53. The van der Waals surface area contributed by atoms with Crippen molar-refractivity contribution in [1.82, 2.24) is 0 Å². The molecule has 1 aromatic heterocycles. The van der Waals surface area contributed by atoms with Crippen LogP contribution in [-0.4, -0.2) is 5.78 Å². The van der Waals surface area contributed by atoms with Gasteiger partial charge in [-0.05, 0) is 13.0 Å². The Morgan fingerprint density at radius 3 is 2.64 bits per heavy atom. The number of carbonyl (C=O) groups is 1. The lowest BCUT2D eigenvalue weighted by Crippen LogP contribution is -1.86. The molecule has 0 saturated carbocycles. The van der Waals surface area contributed by atoms with Gasteiger partial charge in [-0.1, -0.05) is 0 Å². The second-order valence-electron chi connectivity index (χ2n) is 2.38. The lowest BCUT2D eigenvalue weighted by molar-refractivity contribution is 0.0986. The average Bonchev–Trinajstić information content (AvgIpc) is 2.31. The first-order chi connectivity index (χ1) is 5.15. The topological polar surface area (TPSA) is 30.2 Å². The van der Waals surface area contributed by atoms with E-state index in [0.717, 1.165) is 11.3 Å². The predicted molar refractivity (Wildman–Crippen MR) is 43.0 cm³/mol. The third-order valence-corrected chi connectivity index (χ3v) is 1.80. The van der Waals surface area contributed by atoms with Gasteiger partial charge in [-0.3, -0.25) is 4.79 Å². The second kappa shape index (κ2) is 3.09. The molecule has 0 unspecified atom stereocenters. The fraction of sp³-hybridized carbons (Fsp3) is 0.375. The Morgan fingerprint density at radius 1 is 1.73 bits per heavy atom. The van der Waals surface area contributed by atoms with E-state index in [2.05, 4.69) is 0 Å². The van der Waals surface area contributed by atoms with Crippen molar-refractivity contribution in [1.29, 1.82) is 0 Å². The summed E-state index contributed by atoms with van der Waals surface area (Å²) in [6.45, 7) is 3.26. The highest BCUT2D eigenvalue weighted by Crippen LogP contribution is 2.16. The molecule has 0 aliphatic rings. The molecule has 0 N–H and O–H groups in total. The van der Waals surface area contributed by atoms with E-state index in [0.29, 0.717) is 11.6 Å². The maximum Gasteiger partial charge on any atom is 0.194 e. The van der Waals surface area contributed by atoms with E-state index in [-0.39, 0.29) is 5.78 Å². The molecule has 0 atom stereocenters. The zero-order valence-electron chi connectivity index (χ0n) is 6.48. The van der Waals surface area contributed by atoms with Gasteiger partial charge in [0.1, 0.15) is 5.76 Å². The van der Waals surface area contributed by atoms with Gasteiger partial charge in [-0.25, -0.2) is 0 Å². The number of furan rings is 1. The van der Waals surface area contributed by atoms with Gasteiger partial charge >= 0.3 is 0 Å². The number of Topliss-reactive ketones (excluding diaryl/α,β-unsaturated/α-hetero) is 1. The van der Waals surface area contributed by atoms with Crippen molar-refractivity contribution < 1.29 is 9.21 Å². The largest absolute Gasteiger partial charge is 0.458 e. The van der Waals surface area contributed by atoms with E-state index in [1.807, 2.05) is 0 Å². The van der Waals surface area contributed by atoms with Gasteiger partial charge in [0.15, 0.2) is 11.5 Å². The molecule has 0 aromatic carbocycles. The molecule has 1 aromatic rings. The Morgan fingerprint density at radius 2 is 2.36 bits per heavy atom. The lowest BCUT2D eigenvalue weighted by Gasteiger charge is -1.85. The van der Waals surface area contributed by atoms with Crippen molar-refractivity contribution >= 4 is 17.4 Å². The van der Waals surface area contributed by atoms with Crippen molar-refractivity contribution in [2.45, 2.75) is 19.7 Å². The van der Waals surface area contributed by atoms with Gasteiger partial charge in [0, 0.05) is 12.5 Å². The molecule has 0 amide bonds. The fourth-order valence-corrected chi connectivity index (χ4v) is 1.09. The van der Waals surface area contributed by atoms with E-state index in [4.69, 9.17) is 16.0 Å². The van der Waals surface area contributed by atoms with Crippen LogP contribution in [0.3, 0.4) is 0 Å². The number of halogens is 1. The third-order valence-electron chi connectivity index (χ3n) is 1.51. The summed E-state index contributed by atoms with van der Waals surface area (Å²) in [5, 5.41) is 0. The van der Waals surface area contributed by atoms with Crippen LogP contribution in [0.15, 0.2) is 10.5 Å². The standard InChI is InChI=1S/C8H9ClO2/c1-5(10)8-3-7(4-9)6(2)11-8/h3H,4H2,1-2H3. The third kappa shape index (κ3) is 1.63. The number of aryl methyl sites for hydroxylation is 1. The Kier molecular flexibility index (Phi) is 2.35. The summed E-state index contributed by atoms with van der Waals surface area (Å²) < 4.78 is 5.13. The summed E-state index contributed by atoms with van der Waals surface area (Å²) in [4.78, 5) is 10.8. The molecular weight excluding hydrogens is 164 g/mol. The Balaban J connectivity index is 3.05. The molecule has 60 valence electrons. The van der Waals surface area contributed by atoms with Crippen LogP contribution < -0.4 is 0 Å². The highest BCUT2D eigenvalue weighted by Gasteiger charge is 2.08. The minimum absolute atomic E-state index is 0.0653. The van der Waals surface area contributed by atoms with Crippen molar-refractivity contribution in [3.8, 4) is 0 Å². The van der Waals surface area contributed by atoms with Gasteiger partial charge in [-0.15, -0.1) is 11.6 Å². The maximum absolute atomic E-state index is 10.8. The minimum atomic E-state index is -0.0653. The molecule has 0 aliphatic heterocycles. The quantitative estimate of drug-likeness (QED) is 0.507. The van der Waals surface area contributed by atoms with Crippen LogP contribution in [0.25, 0.3) is 0 Å². The Labute approximate surface area is 70.2 Å². The zero-order valence-corrected chi connectivity index (χ0v) is 7.23. The molecule has 3 heteroatoms. The van der Waals surface area contributed by atoms with Gasteiger partial charge in [0.05, 0.1) is 5.88 Å². The molecule has 11 heavy (non-hydrogen) atoms. The summed E-state index contributed by atoms with van der Waals surface area (Å²) in [7, 11) is 0. The summed E-state index contributed by atoms with van der Waals surface area (Å²) in [6, 6.07) is 1.69. The van der Waals surface area contributed by atoms with E-state index in [1.165, 1.54) is 6.92 Å². The van der Waals surface area contributed by atoms with E-state index in [9.17, 15) is 4.79 Å². The van der Waals surface area contributed by atoms with E-state index in [1.54, 1.807) is 13.0 Å². The number of carbonyl (C=O) groups excluding carboxylic acids is 1. The van der Waals surface area contributed by atoms with Crippen molar-refractivity contribution in [3.05, 3.63) is 23.2 Å². The highest BCUT2D eigenvalue weighted by atomic mass is 35.5. The molecule has 0 spiro atoms. The molecule has 0 aliphatic carbocycles. The number of hydrogen-bond acceptors (Lipinski definition) is 2. The van der Waals surface area contributed by atoms with Crippen LogP contribution in [-0.2, 0) is 5.88 Å². The summed E-state index contributed by atoms with van der Waals surface area (Å²) >= 11 is 5.58. The maximum atomic E-state index is 10.8. The minimum Gasteiger partial charge on any atom is -0.458 e. The second-order valence-corrected chi connectivity index (χ2v) is 2.65. The van der Waals surface area contributed by atoms with Crippen LogP contribution in [0.5, 0.6) is 0 Å². The van der Waals surface area contributed by atoms with E-state index >= 15 is 0 Å². The number of alkyl halides is 1. The van der Waals surface area contributed by atoms with Gasteiger partial charge in [-0.2, -0.15) is 0 Å². The summed E-state index contributed by atoms with van der Waals surface area (Å²) in [5.41, 5.74) is 0.886. The molecule has 0 bridgehead atoms. The molecule has 2 nitrogen and oxygen atoms in total. The van der Waals surface area contributed by atoms with E-state index < -0.39 is 0 Å². The first kappa shape index (κ1) is 8.34. The van der Waals surface area contributed by atoms with Gasteiger partial charge in [0.2, 0.25) is 0 Å². The van der Waals surface area contributed by atoms with Crippen molar-refractivity contribution in [3.63, 3.8) is 0 Å². The average molecular weight is 173 g/mol. The molecule has 0 radical (unpaired) electrons. The first-order valence-electron chi connectivity index (χ1n) is 3.31. The normalized spacial score (nSPS) is 10.1. The first-order valence-corrected chi connectivity index (χ1v) is 3.85. The molecular formula is C8H9ClO2. The smallest absolute Gasteiger partial charge is 0.194 e. The van der Waals surface area contributed by atoms with Crippen LogP contribution in [0.2, 0.25) is 0 Å². The SMILES string of the molecule is CC(=O)c1cc(CCl)c(C)o1. The molecule has 1 rings (SSSR count). The zero-order chi connectivity index (χ0) is 8.43. The molecule has 1 heterocycles. The molecule has 0 saturated heterocycles. The van der Waals surface area contributed by atoms with Crippen LogP contribution in [0.1, 0.15) is 28.8 Å². The van der Waals surface area contributed by atoms with Crippen LogP contribution in [0.4, 0.5) is 0 Å². The monoisotopic (exact) mass is 172 g/mol. The van der Waals surface area contributed by atoms with Crippen LogP contribution >= 0.6 is 11.6 Å². The van der Waals surface area contributed by atoms with Gasteiger partial charge < -0.3 is 4.42 Å². The fourth-order valence-electron chi connectivity index (χ4n) is 0.826. The Bertz CT molecular complexity index is 276. The lowest BCUT2D eigenvalue weighted by atomic mass is 10.2. The number of hydrogen-bond donors (Lipinski definition) is 0. The number of rotatable bonds is 2. The van der Waals surface area contributed by atoms with Crippen LogP contribution in [0, 0.1) is 6.92 Å². The number of ketones is 1. The summed E-state index contributed by atoms with van der Waals surface area (Å²) in [5.74, 6) is 1.44. The molecule has 0 fully saturated rings. The van der Waals surface area contributed by atoms with Crippen molar-refractivity contribution in [2.24, 2.45) is 0 Å². The Hall–Kier alpha value is -0.760. The van der Waals surface area contributed by atoms with Crippen molar-refractivity contribution in [2.75, 3.05) is 0 Å². The van der Waals surface area contributed by atoms with Gasteiger partial charge in [0.25, 0.3) is 0 Å². The summed E-state index contributed by atoms with van der Waals surface area (Å²) in [6.07, 6.45) is 0. The highest BCUT2D eigenvalue weighted by molar-refractivity contribution is 6.17.